The number of fused-ring (bicyclic) bond motifs is 1. The topological polar surface area (TPSA) is 33.5 Å². The second-order valence-corrected chi connectivity index (χ2v) is 7.57. The van der Waals surface area contributed by atoms with Crippen molar-refractivity contribution in [3.63, 3.8) is 0 Å². The van der Waals surface area contributed by atoms with Crippen molar-refractivity contribution < 1.29 is 9.21 Å². The van der Waals surface area contributed by atoms with Crippen molar-refractivity contribution in [1.29, 1.82) is 0 Å². The molecule has 132 valence electrons. The number of benzene rings is 1. The number of amides is 1. The third kappa shape index (κ3) is 3.81. The van der Waals surface area contributed by atoms with Crippen molar-refractivity contribution in [1.82, 2.24) is 4.90 Å². The van der Waals surface area contributed by atoms with Crippen molar-refractivity contribution in [3.8, 4) is 11.3 Å². The molecule has 2 heterocycles. The predicted octanol–water partition coefficient (Wildman–Crippen LogP) is 4.92. The van der Waals surface area contributed by atoms with E-state index >= 15 is 0 Å². The van der Waals surface area contributed by atoms with Crippen LogP contribution in [0.5, 0.6) is 0 Å². The molecule has 0 bridgehead atoms. The van der Waals surface area contributed by atoms with Crippen molar-refractivity contribution >= 4 is 5.91 Å². The van der Waals surface area contributed by atoms with Gasteiger partial charge in [0.1, 0.15) is 11.5 Å². The Morgan fingerprint density at radius 3 is 2.64 bits per heavy atom. The van der Waals surface area contributed by atoms with Gasteiger partial charge in [0.05, 0.1) is 0 Å². The largest absolute Gasteiger partial charge is 0.461 e. The molecule has 1 amide bonds. The summed E-state index contributed by atoms with van der Waals surface area (Å²) in [6, 6.07) is 14.1. The van der Waals surface area contributed by atoms with Crippen LogP contribution in [0.4, 0.5) is 0 Å². The molecular formula is C22H27NO2. The third-order valence-corrected chi connectivity index (χ3v) is 5.95. The number of likely N-dealkylation sites (tertiary alicyclic amines) is 1. The lowest BCUT2D eigenvalue weighted by molar-refractivity contribution is -0.134. The van der Waals surface area contributed by atoms with E-state index in [1.165, 1.54) is 32.1 Å². The van der Waals surface area contributed by atoms with E-state index in [4.69, 9.17) is 4.42 Å². The highest BCUT2D eigenvalue weighted by molar-refractivity contribution is 5.76. The van der Waals surface area contributed by atoms with Gasteiger partial charge in [-0.15, -0.1) is 0 Å². The van der Waals surface area contributed by atoms with Gasteiger partial charge in [0, 0.05) is 31.5 Å². The second kappa shape index (κ2) is 7.47. The summed E-state index contributed by atoms with van der Waals surface area (Å²) in [7, 11) is 0. The first kappa shape index (κ1) is 16.4. The minimum Gasteiger partial charge on any atom is -0.461 e. The number of aryl methyl sites for hydroxylation is 1. The van der Waals surface area contributed by atoms with Crippen LogP contribution in [0.15, 0.2) is 46.9 Å². The summed E-state index contributed by atoms with van der Waals surface area (Å²) in [6.07, 6.45) is 7.87. The maximum Gasteiger partial charge on any atom is 0.223 e. The minimum absolute atomic E-state index is 0.293. The van der Waals surface area contributed by atoms with Crippen LogP contribution in [0.1, 0.15) is 44.3 Å². The Hall–Kier alpha value is -2.03. The zero-order valence-electron chi connectivity index (χ0n) is 14.8. The highest BCUT2D eigenvalue weighted by Crippen LogP contribution is 2.36. The normalized spacial score (nSPS) is 23.3. The Morgan fingerprint density at radius 2 is 1.80 bits per heavy atom. The average Bonchev–Trinajstić information content (AvgIpc) is 3.15. The standard InChI is InChI=1S/C22H27NO2/c24-22(23-15-14-17-6-4-5-9-19(17)16-23)13-11-20-10-12-21(25-20)18-7-2-1-3-8-18/h1-3,7-8,10,12,17,19H,4-6,9,11,13-16H2/t17-,19-/m0/s1. The Bertz CT molecular complexity index is 706. The molecule has 0 radical (unpaired) electrons. The maximum absolute atomic E-state index is 12.6. The van der Waals surface area contributed by atoms with Crippen molar-refractivity contribution in [2.45, 2.75) is 44.9 Å². The minimum atomic E-state index is 0.293. The van der Waals surface area contributed by atoms with Crippen molar-refractivity contribution in [3.05, 3.63) is 48.2 Å². The van der Waals surface area contributed by atoms with Crippen LogP contribution in [0.3, 0.4) is 0 Å². The van der Waals surface area contributed by atoms with Gasteiger partial charge in [-0.2, -0.15) is 0 Å². The molecule has 1 aliphatic carbocycles. The summed E-state index contributed by atoms with van der Waals surface area (Å²) in [5, 5.41) is 0. The van der Waals surface area contributed by atoms with Crippen molar-refractivity contribution in [2.24, 2.45) is 11.8 Å². The average molecular weight is 337 g/mol. The zero-order chi connectivity index (χ0) is 17.1. The molecule has 0 spiro atoms. The molecule has 1 saturated heterocycles. The highest BCUT2D eigenvalue weighted by Gasteiger charge is 2.32. The second-order valence-electron chi connectivity index (χ2n) is 7.57. The van der Waals surface area contributed by atoms with E-state index in [1.54, 1.807) is 0 Å². The van der Waals surface area contributed by atoms with Gasteiger partial charge in [0.25, 0.3) is 0 Å². The summed E-state index contributed by atoms with van der Waals surface area (Å²) < 4.78 is 5.92. The number of furan rings is 1. The van der Waals surface area contributed by atoms with Gasteiger partial charge in [0.2, 0.25) is 5.91 Å². The molecule has 2 aromatic rings. The molecule has 0 unspecified atom stereocenters. The first-order valence-corrected chi connectivity index (χ1v) is 9.71. The summed E-state index contributed by atoms with van der Waals surface area (Å²) in [5.74, 6) is 3.70. The van der Waals surface area contributed by atoms with Gasteiger partial charge in [-0.1, -0.05) is 49.6 Å². The molecule has 0 N–H and O–H groups in total. The highest BCUT2D eigenvalue weighted by atomic mass is 16.3. The number of nitrogens with zero attached hydrogens (tertiary/aromatic N) is 1. The fraction of sp³-hybridized carbons (Fsp3) is 0.500. The summed E-state index contributed by atoms with van der Waals surface area (Å²) >= 11 is 0. The van der Waals surface area contributed by atoms with Crippen molar-refractivity contribution in [2.75, 3.05) is 13.1 Å². The Balaban J connectivity index is 1.31. The van der Waals surface area contributed by atoms with E-state index in [9.17, 15) is 4.79 Å². The Labute approximate surface area is 150 Å². The lowest BCUT2D eigenvalue weighted by Crippen LogP contribution is -2.44. The molecule has 1 aliphatic heterocycles. The summed E-state index contributed by atoms with van der Waals surface area (Å²) in [4.78, 5) is 14.7. The molecule has 1 saturated carbocycles. The van der Waals surface area contributed by atoms with E-state index in [0.29, 0.717) is 18.7 Å². The fourth-order valence-corrected chi connectivity index (χ4v) is 4.49. The number of rotatable bonds is 4. The monoisotopic (exact) mass is 337 g/mol. The van der Waals surface area contributed by atoms with Crippen LogP contribution in [0, 0.1) is 11.8 Å². The summed E-state index contributed by atoms with van der Waals surface area (Å²) in [5.41, 5.74) is 1.08. The molecule has 2 atom stereocenters. The maximum atomic E-state index is 12.6. The smallest absolute Gasteiger partial charge is 0.223 e. The third-order valence-electron chi connectivity index (χ3n) is 5.95. The lowest BCUT2D eigenvalue weighted by Gasteiger charge is -2.41. The van der Waals surface area contributed by atoms with E-state index in [2.05, 4.69) is 4.90 Å². The van der Waals surface area contributed by atoms with Gasteiger partial charge < -0.3 is 9.32 Å². The van der Waals surface area contributed by atoms with Gasteiger partial charge in [-0.05, 0) is 36.8 Å². The van der Waals surface area contributed by atoms with E-state index in [-0.39, 0.29) is 0 Å². The van der Waals surface area contributed by atoms with Gasteiger partial charge >= 0.3 is 0 Å². The van der Waals surface area contributed by atoms with Gasteiger partial charge in [0.15, 0.2) is 0 Å². The van der Waals surface area contributed by atoms with E-state index < -0.39 is 0 Å². The SMILES string of the molecule is O=C(CCc1ccc(-c2ccccc2)o1)N1CC[C@@H]2CCCC[C@H]2C1. The van der Waals surface area contributed by atoms with Gasteiger partial charge in [-0.25, -0.2) is 0 Å². The Morgan fingerprint density at radius 1 is 1.00 bits per heavy atom. The number of piperidine rings is 1. The fourth-order valence-electron chi connectivity index (χ4n) is 4.49. The van der Waals surface area contributed by atoms with Crippen LogP contribution in [0.25, 0.3) is 11.3 Å². The molecule has 4 rings (SSSR count). The van der Waals surface area contributed by atoms with Crippen LogP contribution in [0.2, 0.25) is 0 Å². The predicted molar refractivity (Wildman–Crippen MR) is 99.1 cm³/mol. The number of hydrogen-bond donors (Lipinski definition) is 0. The van der Waals surface area contributed by atoms with Crippen LogP contribution < -0.4 is 0 Å². The molecule has 3 nitrogen and oxygen atoms in total. The van der Waals surface area contributed by atoms with E-state index in [0.717, 1.165) is 42.0 Å². The quantitative estimate of drug-likeness (QED) is 0.793. The molecule has 25 heavy (non-hydrogen) atoms. The lowest BCUT2D eigenvalue weighted by atomic mass is 9.75. The molecular weight excluding hydrogens is 310 g/mol. The molecule has 2 aliphatic rings. The summed E-state index contributed by atoms with van der Waals surface area (Å²) in [6.45, 7) is 1.93. The molecule has 1 aromatic heterocycles. The first-order valence-electron chi connectivity index (χ1n) is 9.71. The number of carbonyl (C=O) groups is 1. The number of carbonyl (C=O) groups excluding carboxylic acids is 1. The van der Waals surface area contributed by atoms with Crippen LogP contribution in [-0.2, 0) is 11.2 Å². The zero-order valence-corrected chi connectivity index (χ0v) is 14.8. The van der Waals surface area contributed by atoms with Crippen LogP contribution in [-0.4, -0.2) is 23.9 Å². The van der Waals surface area contributed by atoms with E-state index in [1.807, 2.05) is 42.5 Å². The number of hydrogen-bond acceptors (Lipinski definition) is 2. The molecule has 1 aromatic carbocycles. The van der Waals surface area contributed by atoms with Gasteiger partial charge in [-0.3, -0.25) is 4.79 Å². The molecule has 2 fully saturated rings. The Kier molecular flexibility index (Phi) is 4.91. The van der Waals surface area contributed by atoms with Crippen LogP contribution >= 0.6 is 0 Å². The molecule has 3 heteroatoms. The first-order chi connectivity index (χ1) is 12.3.